The zero-order valence-corrected chi connectivity index (χ0v) is 18.2. The van der Waals surface area contributed by atoms with Crippen LogP contribution in [0.3, 0.4) is 0 Å². The third kappa shape index (κ3) is 4.13. The summed E-state index contributed by atoms with van der Waals surface area (Å²) in [5, 5.41) is 10.3. The monoisotopic (exact) mass is 437 g/mol. The van der Waals surface area contributed by atoms with Gasteiger partial charge in [-0.1, -0.05) is 42.5 Å². The van der Waals surface area contributed by atoms with Crippen LogP contribution in [0.15, 0.2) is 72.8 Å². The van der Waals surface area contributed by atoms with Gasteiger partial charge in [-0.2, -0.15) is 5.10 Å². The summed E-state index contributed by atoms with van der Waals surface area (Å²) in [6.45, 7) is 2.28. The van der Waals surface area contributed by atoms with Crippen LogP contribution >= 0.6 is 0 Å². The molecule has 0 aliphatic carbocycles. The molecule has 1 aromatic heterocycles. The minimum Gasteiger partial charge on any atom is -0.321 e. The number of carbonyl (C=O) groups is 2. The summed E-state index contributed by atoms with van der Waals surface area (Å²) in [4.78, 5) is 31.4. The Hall–Kier alpha value is -4.26. The van der Waals surface area contributed by atoms with Gasteiger partial charge in [0.1, 0.15) is 0 Å². The lowest BCUT2D eigenvalue weighted by Gasteiger charge is -2.28. The minimum atomic E-state index is -0.215. The van der Waals surface area contributed by atoms with Gasteiger partial charge in [-0.05, 0) is 48.7 Å². The van der Waals surface area contributed by atoms with Crippen molar-refractivity contribution in [2.75, 3.05) is 16.8 Å². The number of para-hydroxylation sites is 1. The van der Waals surface area contributed by atoms with Crippen LogP contribution in [0.4, 0.5) is 11.4 Å². The van der Waals surface area contributed by atoms with Crippen LogP contribution < -0.4 is 10.2 Å². The van der Waals surface area contributed by atoms with Crippen LogP contribution in [0.1, 0.15) is 29.3 Å². The molecule has 1 aliphatic heterocycles. The number of H-pyrrole nitrogens is 1. The molecule has 1 aliphatic rings. The maximum atomic E-state index is 13.1. The summed E-state index contributed by atoms with van der Waals surface area (Å²) >= 11 is 0. The second-order valence-electron chi connectivity index (χ2n) is 7.99. The third-order valence-corrected chi connectivity index (χ3v) is 5.79. The van der Waals surface area contributed by atoms with Crippen molar-refractivity contribution in [3.05, 3.63) is 83.9 Å². The van der Waals surface area contributed by atoms with Crippen molar-refractivity contribution in [3.63, 3.8) is 0 Å². The van der Waals surface area contributed by atoms with Crippen LogP contribution in [0, 0.1) is 0 Å². The Morgan fingerprint density at radius 2 is 1.79 bits per heavy atom. The average molecular weight is 438 g/mol. The summed E-state index contributed by atoms with van der Waals surface area (Å²) < 4.78 is 0. The number of hydrogen-bond donors (Lipinski definition) is 2. The third-order valence-electron chi connectivity index (χ3n) is 5.79. The zero-order chi connectivity index (χ0) is 22.8. The quantitative estimate of drug-likeness (QED) is 0.485. The smallest absolute Gasteiger partial charge is 0.255 e. The Labute approximate surface area is 191 Å². The SMILES string of the molecule is CC(=O)N1CCCc2cc(C(=O)Nc3ccccc3-c3nc(-c4ccccc4)n[nH]3)ccc21. The summed E-state index contributed by atoms with van der Waals surface area (Å²) in [6.07, 6.45) is 1.73. The van der Waals surface area contributed by atoms with E-state index in [2.05, 4.69) is 20.5 Å². The van der Waals surface area contributed by atoms with E-state index < -0.39 is 0 Å². The Kier molecular flexibility index (Phi) is 5.44. The van der Waals surface area contributed by atoms with E-state index in [0.29, 0.717) is 29.4 Å². The number of benzene rings is 3. The molecule has 0 saturated carbocycles. The molecule has 4 aromatic rings. The minimum absolute atomic E-state index is 0.0176. The number of amides is 2. The molecule has 0 saturated heterocycles. The van der Waals surface area contributed by atoms with Crippen LogP contribution in [0.25, 0.3) is 22.8 Å². The molecule has 0 unspecified atom stereocenters. The van der Waals surface area contributed by atoms with Crippen molar-refractivity contribution in [2.24, 2.45) is 0 Å². The molecule has 0 bridgehead atoms. The normalized spacial score (nSPS) is 12.8. The fourth-order valence-corrected chi connectivity index (χ4v) is 4.16. The second-order valence-corrected chi connectivity index (χ2v) is 7.99. The van der Waals surface area contributed by atoms with Gasteiger partial charge in [0.05, 0.1) is 5.69 Å². The first-order chi connectivity index (χ1) is 16.1. The first-order valence-corrected chi connectivity index (χ1v) is 10.9. The Bertz CT molecular complexity index is 1330. The van der Waals surface area contributed by atoms with Gasteiger partial charge in [0.25, 0.3) is 5.91 Å². The highest BCUT2D eigenvalue weighted by Gasteiger charge is 2.21. The number of rotatable bonds is 4. The van der Waals surface area contributed by atoms with Gasteiger partial charge in [-0.3, -0.25) is 14.7 Å². The van der Waals surface area contributed by atoms with E-state index in [-0.39, 0.29) is 11.8 Å². The van der Waals surface area contributed by atoms with Crippen molar-refractivity contribution in [2.45, 2.75) is 19.8 Å². The van der Waals surface area contributed by atoms with E-state index in [1.807, 2.05) is 66.7 Å². The van der Waals surface area contributed by atoms with Crippen molar-refractivity contribution in [1.29, 1.82) is 0 Å². The van der Waals surface area contributed by atoms with Gasteiger partial charge in [-0.15, -0.1) is 0 Å². The number of aromatic amines is 1. The number of fused-ring (bicyclic) bond motifs is 1. The van der Waals surface area contributed by atoms with Crippen molar-refractivity contribution in [1.82, 2.24) is 15.2 Å². The molecule has 7 nitrogen and oxygen atoms in total. The lowest BCUT2D eigenvalue weighted by Crippen LogP contribution is -2.33. The summed E-state index contributed by atoms with van der Waals surface area (Å²) in [5.74, 6) is 0.973. The van der Waals surface area contributed by atoms with Gasteiger partial charge >= 0.3 is 0 Å². The van der Waals surface area contributed by atoms with Gasteiger partial charge in [0.15, 0.2) is 11.6 Å². The van der Waals surface area contributed by atoms with Crippen molar-refractivity contribution in [3.8, 4) is 22.8 Å². The van der Waals surface area contributed by atoms with Crippen LogP contribution in [0.2, 0.25) is 0 Å². The van der Waals surface area contributed by atoms with Gasteiger partial charge in [0.2, 0.25) is 5.91 Å². The molecule has 7 heteroatoms. The predicted molar refractivity (Wildman–Crippen MR) is 128 cm³/mol. The summed E-state index contributed by atoms with van der Waals surface area (Å²) in [5.41, 5.74) is 4.76. The number of aryl methyl sites for hydroxylation is 1. The van der Waals surface area contributed by atoms with E-state index >= 15 is 0 Å². The maximum absolute atomic E-state index is 13.1. The van der Waals surface area contributed by atoms with E-state index in [9.17, 15) is 9.59 Å². The number of anilines is 2. The topological polar surface area (TPSA) is 91.0 Å². The van der Waals surface area contributed by atoms with E-state index in [1.54, 1.807) is 17.9 Å². The van der Waals surface area contributed by atoms with Gasteiger partial charge < -0.3 is 10.2 Å². The van der Waals surface area contributed by atoms with Crippen LogP contribution in [0.5, 0.6) is 0 Å². The number of aromatic nitrogens is 3. The lowest BCUT2D eigenvalue weighted by atomic mass is 9.98. The Balaban J connectivity index is 1.41. The molecular weight excluding hydrogens is 414 g/mol. The van der Waals surface area contributed by atoms with Crippen LogP contribution in [-0.2, 0) is 11.2 Å². The fourth-order valence-electron chi connectivity index (χ4n) is 4.16. The molecule has 0 atom stereocenters. The molecule has 3 aromatic carbocycles. The molecule has 5 rings (SSSR count). The number of nitrogens with zero attached hydrogens (tertiary/aromatic N) is 3. The van der Waals surface area contributed by atoms with E-state index in [0.717, 1.165) is 35.2 Å². The average Bonchev–Trinajstić information content (AvgIpc) is 3.34. The van der Waals surface area contributed by atoms with Gasteiger partial charge in [0, 0.05) is 35.8 Å². The molecule has 164 valence electrons. The highest BCUT2D eigenvalue weighted by atomic mass is 16.2. The van der Waals surface area contributed by atoms with Gasteiger partial charge in [-0.25, -0.2) is 4.98 Å². The highest BCUT2D eigenvalue weighted by molar-refractivity contribution is 6.06. The number of carbonyl (C=O) groups excluding carboxylic acids is 2. The molecule has 0 spiro atoms. The lowest BCUT2D eigenvalue weighted by molar-refractivity contribution is -0.116. The standard InChI is InChI=1S/C26H23N5O2/c1-17(32)31-15-7-10-19-16-20(13-14-23(19)31)26(33)27-22-12-6-5-11-21(22)25-28-24(29-30-25)18-8-3-2-4-9-18/h2-6,8-9,11-14,16H,7,10,15H2,1H3,(H,27,33)(H,28,29,30). The number of nitrogens with one attached hydrogen (secondary N) is 2. The molecular formula is C26H23N5O2. The molecule has 2 amide bonds. The Morgan fingerprint density at radius 1 is 1.00 bits per heavy atom. The van der Waals surface area contributed by atoms with Crippen molar-refractivity contribution >= 4 is 23.2 Å². The first kappa shape index (κ1) is 20.6. The van der Waals surface area contributed by atoms with Crippen molar-refractivity contribution < 1.29 is 9.59 Å². The highest BCUT2D eigenvalue weighted by Crippen LogP contribution is 2.30. The van der Waals surface area contributed by atoms with E-state index in [1.165, 1.54) is 0 Å². The zero-order valence-electron chi connectivity index (χ0n) is 18.2. The second kappa shape index (κ2) is 8.70. The van der Waals surface area contributed by atoms with Crippen LogP contribution in [-0.4, -0.2) is 33.5 Å². The maximum Gasteiger partial charge on any atom is 0.255 e. The fraction of sp³-hybridized carbons (Fsp3) is 0.154. The summed E-state index contributed by atoms with van der Waals surface area (Å²) in [7, 11) is 0. The molecule has 0 fully saturated rings. The number of hydrogen-bond acceptors (Lipinski definition) is 4. The summed E-state index contributed by atoms with van der Waals surface area (Å²) in [6, 6.07) is 22.7. The van der Waals surface area contributed by atoms with E-state index in [4.69, 9.17) is 0 Å². The molecule has 2 heterocycles. The molecule has 2 N–H and O–H groups in total. The first-order valence-electron chi connectivity index (χ1n) is 10.9. The predicted octanol–water partition coefficient (Wildman–Crippen LogP) is 4.69. The molecule has 0 radical (unpaired) electrons. The molecule has 33 heavy (non-hydrogen) atoms. The largest absolute Gasteiger partial charge is 0.321 e. The Morgan fingerprint density at radius 3 is 2.61 bits per heavy atom.